The van der Waals surface area contributed by atoms with Gasteiger partial charge < -0.3 is 10.6 Å². The molecule has 1 saturated carbocycles. The zero-order chi connectivity index (χ0) is 16.1. The molecule has 0 bridgehead atoms. The fourth-order valence-corrected chi connectivity index (χ4v) is 2.84. The second-order valence-electron chi connectivity index (χ2n) is 6.00. The summed E-state index contributed by atoms with van der Waals surface area (Å²) < 4.78 is 0. The normalized spacial score (nSPS) is 14.1. The number of amides is 1. The second kappa shape index (κ2) is 7.51. The van der Waals surface area contributed by atoms with E-state index in [1.807, 2.05) is 42.5 Å². The van der Waals surface area contributed by atoms with Gasteiger partial charge in [-0.3, -0.25) is 4.79 Å². The van der Waals surface area contributed by atoms with Crippen molar-refractivity contribution in [2.24, 2.45) is 5.92 Å². The summed E-state index contributed by atoms with van der Waals surface area (Å²) in [6.45, 7) is 0.841. The van der Waals surface area contributed by atoms with Gasteiger partial charge in [-0.05, 0) is 61.2 Å². The Morgan fingerprint density at radius 1 is 1.09 bits per heavy atom. The molecule has 0 aromatic heterocycles. The average Bonchev–Trinajstić information content (AvgIpc) is 2.47. The van der Waals surface area contributed by atoms with E-state index in [9.17, 15) is 4.79 Å². The van der Waals surface area contributed by atoms with E-state index in [0.29, 0.717) is 0 Å². The molecule has 0 heterocycles. The largest absolute Gasteiger partial charge is 0.385 e. The smallest absolute Gasteiger partial charge is 0.227 e. The lowest BCUT2D eigenvalue weighted by molar-refractivity contribution is -0.122. The minimum Gasteiger partial charge on any atom is -0.385 e. The Morgan fingerprint density at radius 2 is 1.83 bits per heavy atom. The topological polar surface area (TPSA) is 41.1 Å². The highest BCUT2D eigenvalue weighted by atomic mass is 35.5. The third kappa shape index (κ3) is 4.49. The lowest BCUT2D eigenvalue weighted by atomic mass is 9.85. The summed E-state index contributed by atoms with van der Waals surface area (Å²) in [6.07, 6.45) is 4.14. The predicted molar refractivity (Wildman–Crippen MR) is 96.1 cm³/mol. The predicted octanol–water partition coefficient (Wildman–Crippen LogP) is 4.73. The van der Waals surface area contributed by atoms with Gasteiger partial charge in [0.25, 0.3) is 0 Å². The van der Waals surface area contributed by atoms with Crippen molar-refractivity contribution in [1.29, 1.82) is 0 Å². The van der Waals surface area contributed by atoms with Gasteiger partial charge in [0.15, 0.2) is 0 Å². The van der Waals surface area contributed by atoms with Gasteiger partial charge in [-0.2, -0.15) is 0 Å². The molecule has 1 aliphatic rings. The summed E-state index contributed by atoms with van der Waals surface area (Å²) in [5, 5.41) is 7.13. The number of anilines is 2. The van der Waals surface area contributed by atoms with Gasteiger partial charge in [0.1, 0.15) is 0 Å². The van der Waals surface area contributed by atoms with E-state index in [1.165, 1.54) is 12.0 Å². The summed E-state index contributed by atoms with van der Waals surface area (Å²) in [5.74, 6) is 0.364. The Labute approximate surface area is 142 Å². The molecule has 0 aliphatic heterocycles. The van der Waals surface area contributed by atoms with Crippen molar-refractivity contribution in [3.63, 3.8) is 0 Å². The molecule has 1 amide bonds. The Morgan fingerprint density at radius 3 is 2.48 bits per heavy atom. The zero-order valence-corrected chi connectivity index (χ0v) is 13.8. The SMILES string of the molecule is O=C(Nc1ccc(NCCc2cccc(Cl)c2)cc1)C1CCC1. The van der Waals surface area contributed by atoms with E-state index in [2.05, 4.69) is 16.7 Å². The lowest BCUT2D eigenvalue weighted by Crippen LogP contribution is -2.27. The van der Waals surface area contributed by atoms with Crippen molar-refractivity contribution in [2.75, 3.05) is 17.2 Å². The minimum atomic E-state index is 0.151. The quantitative estimate of drug-likeness (QED) is 0.804. The number of carbonyl (C=O) groups is 1. The van der Waals surface area contributed by atoms with Crippen molar-refractivity contribution < 1.29 is 4.79 Å². The molecular weight excluding hydrogens is 308 g/mol. The number of hydrogen-bond donors (Lipinski definition) is 2. The number of carbonyl (C=O) groups excluding carboxylic acids is 1. The molecule has 1 fully saturated rings. The van der Waals surface area contributed by atoms with Crippen LogP contribution in [0.2, 0.25) is 5.02 Å². The highest BCUT2D eigenvalue weighted by Crippen LogP contribution is 2.27. The Bertz CT molecular complexity index is 665. The van der Waals surface area contributed by atoms with Crippen LogP contribution in [0.4, 0.5) is 11.4 Å². The molecule has 2 aromatic rings. The molecule has 120 valence electrons. The molecule has 2 aromatic carbocycles. The molecule has 3 nitrogen and oxygen atoms in total. The third-order valence-electron chi connectivity index (χ3n) is 4.26. The van der Waals surface area contributed by atoms with E-state index >= 15 is 0 Å². The number of rotatable bonds is 6. The third-order valence-corrected chi connectivity index (χ3v) is 4.50. The van der Waals surface area contributed by atoms with Crippen molar-refractivity contribution >= 4 is 28.9 Å². The molecule has 0 unspecified atom stereocenters. The van der Waals surface area contributed by atoms with Crippen LogP contribution in [0.25, 0.3) is 0 Å². The summed E-state index contributed by atoms with van der Waals surface area (Å²) in [4.78, 5) is 11.9. The molecule has 0 atom stereocenters. The minimum absolute atomic E-state index is 0.151. The second-order valence-corrected chi connectivity index (χ2v) is 6.44. The molecule has 1 aliphatic carbocycles. The fourth-order valence-electron chi connectivity index (χ4n) is 2.63. The molecule has 23 heavy (non-hydrogen) atoms. The Kier molecular flexibility index (Phi) is 5.19. The van der Waals surface area contributed by atoms with Gasteiger partial charge >= 0.3 is 0 Å². The summed E-state index contributed by atoms with van der Waals surface area (Å²) in [5.41, 5.74) is 3.13. The molecule has 4 heteroatoms. The first-order valence-electron chi connectivity index (χ1n) is 8.10. The average molecular weight is 329 g/mol. The number of halogens is 1. The van der Waals surface area contributed by atoms with Crippen LogP contribution < -0.4 is 10.6 Å². The highest BCUT2D eigenvalue weighted by Gasteiger charge is 2.24. The van der Waals surface area contributed by atoms with E-state index in [0.717, 1.165) is 42.2 Å². The number of benzene rings is 2. The van der Waals surface area contributed by atoms with E-state index in [1.54, 1.807) is 0 Å². The van der Waals surface area contributed by atoms with Gasteiger partial charge in [0.05, 0.1) is 0 Å². The number of hydrogen-bond acceptors (Lipinski definition) is 2. The van der Waals surface area contributed by atoms with Crippen molar-refractivity contribution in [3.8, 4) is 0 Å². The number of nitrogens with one attached hydrogen (secondary N) is 2. The summed E-state index contributed by atoms with van der Waals surface area (Å²) >= 11 is 5.98. The van der Waals surface area contributed by atoms with Crippen LogP contribution >= 0.6 is 11.6 Å². The first-order chi connectivity index (χ1) is 11.2. The van der Waals surface area contributed by atoms with Crippen LogP contribution in [0.1, 0.15) is 24.8 Å². The standard InChI is InChI=1S/C19H21ClN2O/c20-16-6-1-3-14(13-16)11-12-21-17-7-9-18(10-8-17)22-19(23)15-4-2-5-15/h1,3,6-10,13,15,21H,2,4-5,11-12H2,(H,22,23). The molecule has 0 spiro atoms. The maximum Gasteiger partial charge on any atom is 0.227 e. The molecule has 3 rings (SSSR count). The van der Waals surface area contributed by atoms with Crippen molar-refractivity contribution in [3.05, 3.63) is 59.1 Å². The highest BCUT2D eigenvalue weighted by molar-refractivity contribution is 6.30. The van der Waals surface area contributed by atoms with Crippen molar-refractivity contribution in [1.82, 2.24) is 0 Å². The van der Waals surface area contributed by atoms with Gasteiger partial charge in [-0.25, -0.2) is 0 Å². The zero-order valence-electron chi connectivity index (χ0n) is 13.0. The van der Waals surface area contributed by atoms with Gasteiger partial charge in [0.2, 0.25) is 5.91 Å². The van der Waals surface area contributed by atoms with E-state index in [-0.39, 0.29) is 11.8 Å². The first-order valence-corrected chi connectivity index (χ1v) is 8.48. The van der Waals surface area contributed by atoms with Crippen LogP contribution in [0.5, 0.6) is 0 Å². The lowest BCUT2D eigenvalue weighted by Gasteiger charge is -2.24. The van der Waals surface area contributed by atoms with Crippen LogP contribution in [0, 0.1) is 5.92 Å². The fraction of sp³-hybridized carbons (Fsp3) is 0.316. The van der Waals surface area contributed by atoms with Crippen LogP contribution in [0.3, 0.4) is 0 Å². The molecular formula is C19H21ClN2O. The van der Waals surface area contributed by atoms with Crippen LogP contribution in [-0.2, 0) is 11.2 Å². The Hall–Kier alpha value is -2.00. The maximum atomic E-state index is 11.9. The monoisotopic (exact) mass is 328 g/mol. The van der Waals surface area contributed by atoms with Gasteiger partial charge in [-0.1, -0.05) is 30.2 Å². The van der Waals surface area contributed by atoms with Gasteiger partial charge in [-0.15, -0.1) is 0 Å². The summed E-state index contributed by atoms with van der Waals surface area (Å²) in [7, 11) is 0. The maximum absolute atomic E-state index is 11.9. The Balaban J connectivity index is 1.46. The first kappa shape index (κ1) is 15.9. The van der Waals surface area contributed by atoms with E-state index < -0.39 is 0 Å². The molecule has 0 saturated heterocycles. The van der Waals surface area contributed by atoms with Crippen LogP contribution in [0.15, 0.2) is 48.5 Å². The molecule has 0 radical (unpaired) electrons. The van der Waals surface area contributed by atoms with Gasteiger partial charge in [0, 0.05) is 28.9 Å². The van der Waals surface area contributed by atoms with Crippen molar-refractivity contribution in [2.45, 2.75) is 25.7 Å². The van der Waals surface area contributed by atoms with E-state index in [4.69, 9.17) is 11.6 Å². The summed E-state index contributed by atoms with van der Waals surface area (Å²) in [6, 6.07) is 15.8. The molecule has 2 N–H and O–H groups in total. The van der Waals surface area contributed by atoms with Crippen LogP contribution in [-0.4, -0.2) is 12.5 Å².